The van der Waals surface area contributed by atoms with E-state index in [1.165, 1.54) is 0 Å². The molecule has 2 fully saturated rings. The second kappa shape index (κ2) is 7.93. The number of hydrogen-bond donors (Lipinski definition) is 3. The average molecular weight is 286 g/mol. The zero-order chi connectivity index (χ0) is 14.3. The fraction of sp³-hybridized carbons (Fsp3) is 0.929. The van der Waals surface area contributed by atoms with Crippen LogP contribution in [0.25, 0.3) is 0 Å². The molecule has 0 unspecified atom stereocenters. The lowest BCUT2D eigenvalue weighted by atomic mass is 9.94. The summed E-state index contributed by atoms with van der Waals surface area (Å²) in [7, 11) is 0. The number of hydrogen-bond acceptors (Lipinski definition) is 5. The summed E-state index contributed by atoms with van der Waals surface area (Å²) < 4.78 is 10.9. The van der Waals surface area contributed by atoms with Crippen molar-refractivity contribution in [3.63, 3.8) is 0 Å². The van der Waals surface area contributed by atoms with E-state index in [-0.39, 0.29) is 12.0 Å². The molecule has 0 atom stereocenters. The van der Waals surface area contributed by atoms with Gasteiger partial charge in [0, 0.05) is 39.0 Å². The first-order valence-electron chi connectivity index (χ1n) is 7.57. The molecule has 0 spiro atoms. The first-order chi connectivity index (χ1) is 9.68. The lowest BCUT2D eigenvalue weighted by Crippen LogP contribution is -2.46. The van der Waals surface area contributed by atoms with Crippen molar-refractivity contribution in [1.29, 1.82) is 0 Å². The van der Waals surface area contributed by atoms with Crippen LogP contribution in [0, 0.1) is 0 Å². The molecule has 20 heavy (non-hydrogen) atoms. The van der Waals surface area contributed by atoms with Crippen LogP contribution in [0.5, 0.6) is 0 Å². The second-order valence-corrected chi connectivity index (χ2v) is 5.68. The van der Waals surface area contributed by atoms with Gasteiger partial charge in [0.25, 0.3) is 0 Å². The molecule has 1 amide bonds. The standard InChI is InChI=1S/C14H26N2O4/c17-13(3-8-20-12-1-6-15-7-2-12)16-11-14(18)4-9-19-10-5-14/h12,15,18H,1-11H2,(H,16,17). The molecule has 2 aliphatic rings. The number of amides is 1. The van der Waals surface area contributed by atoms with Gasteiger partial charge in [-0.05, 0) is 25.9 Å². The largest absolute Gasteiger partial charge is 0.388 e. The summed E-state index contributed by atoms with van der Waals surface area (Å²) in [6.07, 6.45) is 3.83. The minimum absolute atomic E-state index is 0.0566. The van der Waals surface area contributed by atoms with Crippen molar-refractivity contribution in [2.75, 3.05) is 39.5 Å². The van der Waals surface area contributed by atoms with Gasteiger partial charge in [-0.2, -0.15) is 0 Å². The first-order valence-corrected chi connectivity index (χ1v) is 7.57. The van der Waals surface area contributed by atoms with Gasteiger partial charge in [-0.25, -0.2) is 0 Å². The van der Waals surface area contributed by atoms with Gasteiger partial charge in [0.2, 0.25) is 5.91 Å². The molecule has 6 heteroatoms. The fourth-order valence-corrected chi connectivity index (χ4v) is 2.56. The van der Waals surface area contributed by atoms with Gasteiger partial charge in [-0.3, -0.25) is 4.79 Å². The van der Waals surface area contributed by atoms with E-state index in [4.69, 9.17) is 9.47 Å². The zero-order valence-electron chi connectivity index (χ0n) is 12.0. The topological polar surface area (TPSA) is 79.8 Å². The molecule has 0 saturated carbocycles. The van der Waals surface area contributed by atoms with Crippen LogP contribution in [0.2, 0.25) is 0 Å². The zero-order valence-corrected chi connectivity index (χ0v) is 12.0. The van der Waals surface area contributed by atoms with Crippen LogP contribution in [-0.2, 0) is 14.3 Å². The molecule has 2 aliphatic heterocycles. The Labute approximate surface area is 120 Å². The van der Waals surface area contributed by atoms with Crippen LogP contribution >= 0.6 is 0 Å². The number of nitrogens with one attached hydrogen (secondary N) is 2. The number of carbonyl (C=O) groups excluding carboxylic acids is 1. The first kappa shape index (κ1) is 15.7. The number of aliphatic hydroxyl groups is 1. The predicted molar refractivity (Wildman–Crippen MR) is 74.5 cm³/mol. The molecule has 2 rings (SSSR count). The van der Waals surface area contributed by atoms with E-state index >= 15 is 0 Å². The van der Waals surface area contributed by atoms with Crippen molar-refractivity contribution >= 4 is 5.91 Å². The molecule has 0 aromatic rings. The van der Waals surface area contributed by atoms with Crippen molar-refractivity contribution in [2.24, 2.45) is 0 Å². The molecule has 0 aromatic carbocycles. The Balaban J connectivity index is 1.55. The molecule has 2 heterocycles. The highest BCUT2D eigenvalue weighted by Crippen LogP contribution is 2.19. The van der Waals surface area contributed by atoms with Crippen LogP contribution in [0.4, 0.5) is 0 Å². The summed E-state index contributed by atoms with van der Waals surface area (Å²) >= 11 is 0. The summed E-state index contributed by atoms with van der Waals surface area (Å²) in [4.78, 5) is 11.7. The minimum atomic E-state index is -0.802. The Hall–Kier alpha value is -0.690. The van der Waals surface area contributed by atoms with Gasteiger partial charge >= 0.3 is 0 Å². The summed E-state index contributed by atoms with van der Waals surface area (Å²) in [6.45, 7) is 3.87. The Morgan fingerprint density at radius 2 is 2.05 bits per heavy atom. The Morgan fingerprint density at radius 3 is 2.75 bits per heavy atom. The van der Waals surface area contributed by atoms with Gasteiger partial charge in [0.05, 0.1) is 18.3 Å². The van der Waals surface area contributed by atoms with Crippen LogP contribution in [0.1, 0.15) is 32.1 Å². The van der Waals surface area contributed by atoms with E-state index < -0.39 is 5.60 Å². The lowest BCUT2D eigenvalue weighted by molar-refractivity contribution is -0.125. The molecule has 0 radical (unpaired) electrons. The van der Waals surface area contributed by atoms with Crippen LogP contribution in [0.15, 0.2) is 0 Å². The molecule has 0 aliphatic carbocycles. The van der Waals surface area contributed by atoms with E-state index in [1.54, 1.807) is 0 Å². The third-order valence-electron chi connectivity index (χ3n) is 4.01. The van der Waals surface area contributed by atoms with Gasteiger partial charge in [0.15, 0.2) is 0 Å². The third-order valence-corrected chi connectivity index (χ3v) is 4.01. The number of carbonyl (C=O) groups is 1. The maximum absolute atomic E-state index is 11.7. The summed E-state index contributed by atoms with van der Waals surface area (Å²) in [5.74, 6) is -0.0566. The molecule has 116 valence electrons. The highest BCUT2D eigenvalue weighted by molar-refractivity contribution is 5.76. The van der Waals surface area contributed by atoms with Crippen molar-refractivity contribution < 1.29 is 19.4 Å². The van der Waals surface area contributed by atoms with Gasteiger partial charge in [-0.15, -0.1) is 0 Å². The van der Waals surface area contributed by atoms with Crippen molar-refractivity contribution in [2.45, 2.75) is 43.8 Å². The van der Waals surface area contributed by atoms with E-state index in [0.29, 0.717) is 45.6 Å². The molecular formula is C14H26N2O4. The number of ether oxygens (including phenoxy) is 2. The minimum Gasteiger partial charge on any atom is -0.388 e. The number of piperidine rings is 1. The SMILES string of the molecule is O=C(CCOC1CCNCC1)NCC1(O)CCOCC1. The third kappa shape index (κ3) is 5.36. The van der Waals surface area contributed by atoms with E-state index in [9.17, 15) is 9.90 Å². The van der Waals surface area contributed by atoms with Crippen molar-refractivity contribution in [3.05, 3.63) is 0 Å². The Morgan fingerprint density at radius 1 is 1.35 bits per heavy atom. The highest BCUT2D eigenvalue weighted by atomic mass is 16.5. The van der Waals surface area contributed by atoms with Gasteiger partial charge in [-0.1, -0.05) is 0 Å². The monoisotopic (exact) mass is 286 g/mol. The van der Waals surface area contributed by atoms with Crippen LogP contribution < -0.4 is 10.6 Å². The van der Waals surface area contributed by atoms with Crippen LogP contribution in [0.3, 0.4) is 0 Å². The summed E-state index contributed by atoms with van der Waals surface area (Å²) in [5, 5.41) is 16.3. The Kier molecular flexibility index (Phi) is 6.22. The van der Waals surface area contributed by atoms with Crippen LogP contribution in [-0.4, -0.2) is 62.2 Å². The van der Waals surface area contributed by atoms with E-state index in [1.807, 2.05) is 0 Å². The summed E-state index contributed by atoms with van der Waals surface area (Å²) in [5.41, 5.74) is -0.802. The second-order valence-electron chi connectivity index (χ2n) is 5.68. The lowest BCUT2D eigenvalue weighted by Gasteiger charge is -2.32. The quantitative estimate of drug-likeness (QED) is 0.630. The molecular weight excluding hydrogens is 260 g/mol. The normalized spacial score (nSPS) is 23.4. The number of rotatable bonds is 6. The van der Waals surface area contributed by atoms with E-state index in [2.05, 4.69) is 10.6 Å². The molecule has 0 aromatic heterocycles. The average Bonchev–Trinajstić information content (AvgIpc) is 2.47. The van der Waals surface area contributed by atoms with E-state index in [0.717, 1.165) is 25.9 Å². The fourth-order valence-electron chi connectivity index (χ4n) is 2.56. The van der Waals surface area contributed by atoms with Gasteiger partial charge < -0.3 is 25.2 Å². The smallest absolute Gasteiger partial charge is 0.222 e. The predicted octanol–water partition coefficient (Wildman–Crippen LogP) is -0.197. The highest BCUT2D eigenvalue weighted by Gasteiger charge is 2.30. The summed E-state index contributed by atoms with van der Waals surface area (Å²) in [6, 6.07) is 0. The molecule has 3 N–H and O–H groups in total. The molecule has 2 saturated heterocycles. The maximum Gasteiger partial charge on any atom is 0.222 e. The molecule has 0 bridgehead atoms. The maximum atomic E-state index is 11.7. The van der Waals surface area contributed by atoms with Crippen molar-refractivity contribution in [3.8, 4) is 0 Å². The van der Waals surface area contributed by atoms with Gasteiger partial charge in [0.1, 0.15) is 0 Å². The Bertz CT molecular complexity index is 300. The van der Waals surface area contributed by atoms with Crippen molar-refractivity contribution in [1.82, 2.24) is 10.6 Å². The molecule has 6 nitrogen and oxygen atoms in total.